The van der Waals surface area contributed by atoms with E-state index in [9.17, 15) is 14.4 Å². The van der Waals surface area contributed by atoms with E-state index in [-0.39, 0.29) is 23.5 Å². The van der Waals surface area contributed by atoms with Gasteiger partial charge in [-0.15, -0.1) is 0 Å². The van der Waals surface area contributed by atoms with Gasteiger partial charge in [-0.25, -0.2) is 0 Å². The van der Waals surface area contributed by atoms with E-state index in [1.807, 2.05) is 36.4 Å². The molecule has 36 heavy (non-hydrogen) atoms. The summed E-state index contributed by atoms with van der Waals surface area (Å²) in [4.78, 5) is 36.9. The van der Waals surface area contributed by atoms with E-state index in [2.05, 4.69) is 21.5 Å². The third kappa shape index (κ3) is 7.02. The Hall–Kier alpha value is -3.98. The molecule has 0 radical (unpaired) electrons. The lowest BCUT2D eigenvalue weighted by Crippen LogP contribution is -2.49. The molecule has 3 aromatic rings. The fourth-order valence-corrected chi connectivity index (χ4v) is 4.26. The number of benzene rings is 3. The highest BCUT2D eigenvalue weighted by molar-refractivity contribution is 7.80. The molecule has 8 nitrogen and oxygen atoms in total. The number of rotatable bonds is 6. The minimum atomic E-state index is -0.465. The highest BCUT2D eigenvalue weighted by Crippen LogP contribution is 2.25. The maximum Gasteiger partial charge on any atom is 0.269 e. The van der Waals surface area contributed by atoms with Crippen LogP contribution in [0.15, 0.2) is 66.7 Å². The number of hydrazine groups is 1. The Morgan fingerprint density at radius 2 is 1.58 bits per heavy atom. The molecular formula is C27H28N4O4S. The Morgan fingerprint density at radius 3 is 2.33 bits per heavy atom. The van der Waals surface area contributed by atoms with Crippen molar-refractivity contribution in [3.8, 4) is 5.75 Å². The lowest BCUT2D eigenvalue weighted by Gasteiger charge is -2.20. The molecule has 186 valence electrons. The van der Waals surface area contributed by atoms with Gasteiger partial charge in [0.25, 0.3) is 11.8 Å². The summed E-state index contributed by atoms with van der Waals surface area (Å²) in [5.41, 5.74) is 5.95. The van der Waals surface area contributed by atoms with Crippen LogP contribution in [0.3, 0.4) is 0 Å². The van der Waals surface area contributed by atoms with Crippen molar-refractivity contribution >= 4 is 51.5 Å². The first-order chi connectivity index (χ1) is 17.5. The van der Waals surface area contributed by atoms with Gasteiger partial charge in [0.05, 0.1) is 0 Å². The third-order valence-corrected chi connectivity index (χ3v) is 6.23. The van der Waals surface area contributed by atoms with Crippen LogP contribution in [0.1, 0.15) is 42.5 Å². The zero-order valence-electron chi connectivity index (χ0n) is 19.7. The van der Waals surface area contributed by atoms with Gasteiger partial charge >= 0.3 is 0 Å². The van der Waals surface area contributed by atoms with Gasteiger partial charge in [-0.2, -0.15) is 0 Å². The number of ether oxygens (including phenoxy) is 1. The van der Waals surface area contributed by atoms with Crippen LogP contribution in [0.4, 0.5) is 5.69 Å². The first kappa shape index (κ1) is 25.1. The lowest BCUT2D eigenvalue weighted by molar-refractivity contribution is -0.122. The molecule has 0 unspecified atom stereocenters. The summed E-state index contributed by atoms with van der Waals surface area (Å²) in [5, 5.41) is 7.39. The van der Waals surface area contributed by atoms with Gasteiger partial charge in [0.1, 0.15) is 5.75 Å². The highest BCUT2D eigenvalue weighted by atomic mass is 32.1. The summed E-state index contributed by atoms with van der Waals surface area (Å²) < 4.78 is 5.53. The predicted molar refractivity (Wildman–Crippen MR) is 142 cm³/mol. The second kappa shape index (κ2) is 12.1. The smallest absolute Gasteiger partial charge is 0.269 e. The Labute approximate surface area is 214 Å². The van der Waals surface area contributed by atoms with E-state index in [1.165, 1.54) is 6.42 Å². The van der Waals surface area contributed by atoms with Gasteiger partial charge in [0, 0.05) is 17.2 Å². The summed E-state index contributed by atoms with van der Waals surface area (Å²) >= 11 is 5.06. The van der Waals surface area contributed by atoms with Gasteiger partial charge in [0.2, 0.25) is 5.91 Å². The topological polar surface area (TPSA) is 109 Å². The Morgan fingerprint density at radius 1 is 0.861 bits per heavy atom. The van der Waals surface area contributed by atoms with E-state index in [4.69, 9.17) is 17.0 Å². The quantitative estimate of drug-likeness (QED) is 0.298. The number of thiocarbonyl (C=S) groups is 1. The summed E-state index contributed by atoms with van der Waals surface area (Å²) in [6.45, 7) is -0.234. The minimum Gasteiger partial charge on any atom is -0.484 e. The van der Waals surface area contributed by atoms with Gasteiger partial charge in [-0.05, 0) is 72.2 Å². The molecule has 4 rings (SSSR count). The van der Waals surface area contributed by atoms with E-state index >= 15 is 0 Å². The van der Waals surface area contributed by atoms with Crippen LogP contribution in [0.5, 0.6) is 5.75 Å². The predicted octanol–water partition coefficient (Wildman–Crippen LogP) is 4.07. The lowest BCUT2D eigenvalue weighted by atomic mass is 9.88. The summed E-state index contributed by atoms with van der Waals surface area (Å²) in [5.74, 6) is -0.258. The van der Waals surface area contributed by atoms with Crippen LogP contribution in [-0.2, 0) is 9.59 Å². The number of fused-ring (bicyclic) bond motifs is 1. The number of amides is 3. The summed E-state index contributed by atoms with van der Waals surface area (Å²) in [6, 6.07) is 20.0. The largest absolute Gasteiger partial charge is 0.484 e. The number of carbonyl (C=O) groups excluding carboxylic acids is 3. The normalized spacial score (nSPS) is 13.4. The minimum absolute atomic E-state index is 0.0271. The van der Waals surface area contributed by atoms with Gasteiger partial charge < -0.3 is 10.1 Å². The van der Waals surface area contributed by atoms with Crippen LogP contribution in [0.25, 0.3) is 10.8 Å². The summed E-state index contributed by atoms with van der Waals surface area (Å²) in [7, 11) is 0. The molecule has 0 saturated heterocycles. The van der Waals surface area contributed by atoms with Crippen LogP contribution >= 0.6 is 12.2 Å². The van der Waals surface area contributed by atoms with Crippen molar-refractivity contribution in [2.24, 2.45) is 5.92 Å². The zero-order valence-corrected chi connectivity index (χ0v) is 20.5. The molecule has 0 aliphatic heterocycles. The van der Waals surface area contributed by atoms with Crippen molar-refractivity contribution in [1.82, 2.24) is 16.2 Å². The van der Waals surface area contributed by atoms with Crippen molar-refractivity contribution in [2.45, 2.75) is 32.1 Å². The molecular weight excluding hydrogens is 476 g/mol. The molecule has 1 aliphatic rings. The van der Waals surface area contributed by atoms with E-state index in [1.54, 1.807) is 30.3 Å². The van der Waals surface area contributed by atoms with Crippen molar-refractivity contribution in [1.29, 1.82) is 0 Å². The molecule has 1 saturated carbocycles. The van der Waals surface area contributed by atoms with Crippen LogP contribution in [0.2, 0.25) is 0 Å². The maximum atomic E-state index is 12.4. The fraction of sp³-hybridized carbons (Fsp3) is 0.259. The number of nitrogens with one attached hydrogen (secondary N) is 4. The van der Waals surface area contributed by atoms with Gasteiger partial charge in [-0.3, -0.25) is 30.6 Å². The number of hydrogen-bond donors (Lipinski definition) is 4. The molecule has 0 atom stereocenters. The van der Waals surface area contributed by atoms with Crippen LogP contribution < -0.4 is 26.2 Å². The van der Waals surface area contributed by atoms with Crippen LogP contribution in [-0.4, -0.2) is 29.4 Å². The molecule has 1 fully saturated rings. The first-order valence-corrected chi connectivity index (χ1v) is 12.3. The molecule has 3 amide bonds. The molecule has 0 aromatic heterocycles. The second-order valence-electron chi connectivity index (χ2n) is 8.66. The number of hydrogen-bond acceptors (Lipinski definition) is 5. The van der Waals surface area contributed by atoms with Crippen molar-refractivity contribution in [2.75, 3.05) is 11.9 Å². The Balaban J connectivity index is 1.18. The standard InChI is InChI=1S/C27H28N4O4S/c32-24(17-35-23-15-12-18-6-4-5-9-21(18)16-23)29-27(36)31-30-26(34)20-10-13-22(14-11-20)28-25(33)19-7-2-1-3-8-19/h4-6,9-16,19H,1-3,7-8,17H2,(H,28,33)(H,30,34)(H2,29,31,32,36). The fourth-order valence-electron chi connectivity index (χ4n) is 4.10. The maximum absolute atomic E-state index is 12.4. The van der Waals surface area contributed by atoms with E-state index in [0.29, 0.717) is 17.0 Å². The number of anilines is 1. The van der Waals surface area contributed by atoms with E-state index < -0.39 is 11.8 Å². The van der Waals surface area contributed by atoms with Gasteiger partial charge in [-0.1, -0.05) is 49.6 Å². The average Bonchev–Trinajstić information content (AvgIpc) is 2.91. The molecule has 0 bridgehead atoms. The summed E-state index contributed by atoms with van der Waals surface area (Å²) in [6.07, 6.45) is 5.20. The van der Waals surface area contributed by atoms with Crippen molar-refractivity contribution < 1.29 is 19.1 Å². The first-order valence-electron chi connectivity index (χ1n) is 11.9. The van der Waals surface area contributed by atoms with E-state index in [0.717, 1.165) is 36.5 Å². The molecule has 0 heterocycles. The van der Waals surface area contributed by atoms with Crippen molar-refractivity contribution in [3.05, 3.63) is 72.3 Å². The molecule has 1 aliphatic carbocycles. The average molecular weight is 505 g/mol. The molecule has 3 aromatic carbocycles. The Kier molecular flexibility index (Phi) is 8.46. The van der Waals surface area contributed by atoms with Crippen molar-refractivity contribution in [3.63, 3.8) is 0 Å². The third-order valence-electron chi connectivity index (χ3n) is 6.02. The SMILES string of the molecule is O=C(COc1ccc2ccccc2c1)NC(=S)NNC(=O)c1ccc(NC(=O)C2CCCCC2)cc1. The molecule has 0 spiro atoms. The molecule has 9 heteroatoms. The monoisotopic (exact) mass is 504 g/mol. The second-order valence-corrected chi connectivity index (χ2v) is 9.06. The zero-order chi connectivity index (χ0) is 25.3. The Bertz CT molecular complexity index is 1260. The highest BCUT2D eigenvalue weighted by Gasteiger charge is 2.21. The van der Waals surface area contributed by atoms with Crippen LogP contribution in [0, 0.1) is 5.92 Å². The number of carbonyl (C=O) groups is 3. The molecule has 4 N–H and O–H groups in total. The van der Waals surface area contributed by atoms with Gasteiger partial charge in [0.15, 0.2) is 11.7 Å².